The molecule has 2 aromatic carbocycles. The Morgan fingerprint density at radius 2 is 1.77 bits per heavy atom. The summed E-state index contributed by atoms with van der Waals surface area (Å²) in [5.74, 6) is -0.845. The number of ether oxygens (including phenoxy) is 1. The average molecular weight is 353 g/mol. The van der Waals surface area contributed by atoms with Crippen molar-refractivity contribution in [1.82, 2.24) is 4.90 Å². The first kappa shape index (κ1) is 18.0. The number of likely N-dealkylation sites (tertiary alicyclic amines) is 1. The van der Waals surface area contributed by atoms with E-state index < -0.39 is 5.92 Å². The van der Waals surface area contributed by atoms with E-state index in [-0.39, 0.29) is 23.7 Å². The molecule has 1 saturated heterocycles. The minimum atomic E-state index is -0.512. The molecule has 5 nitrogen and oxygen atoms in total. The molecule has 2 atom stereocenters. The summed E-state index contributed by atoms with van der Waals surface area (Å²) in [5.41, 5.74) is 1.36. The Morgan fingerprint density at radius 1 is 1.08 bits per heavy atom. The Balaban J connectivity index is 1.94. The summed E-state index contributed by atoms with van der Waals surface area (Å²) in [6.07, 6.45) is 2.62. The van der Waals surface area contributed by atoms with Crippen LogP contribution >= 0.6 is 0 Å². The molecule has 26 heavy (non-hydrogen) atoms. The number of carbonyl (C=O) groups excluding carboxylic acids is 2. The lowest BCUT2D eigenvalue weighted by molar-refractivity contribution is -0.144. The molecule has 0 aliphatic carbocycles. The van der Waals surface area contributed by atoms with Crippen molar-refractivity contribution in [3.8, 4) is 5.75 Å². The van der Waals surface area contributed by atoms with Gasteiger partial charge in [0.25, 0.3) is 5.91 Å². The molecule has 1 aliphatic heterocycles. The van der Waals surface area contributed by atoms with E-state index in [1.165, 1.54) is 19.2 Å². The molecule has 0 saturated carbocycles. The van der Waals surface area contributed by atoms with Crippen LogP contribution in [0.2, 0.25) is 0 Å². The van der Waals surface area contributed by atoms with Gasteiger partial charge >= 0.3 is 5.97 Å². The maximum Gasteiger partial charge on any atom is 0.315 e. The van der Waals surface area contributed by atoms with Crippen molar-refractivity contribution in [2.45, 2.75) is 31.2 Å². The Labute approximate surface area is 153 Å². The Morgan fingerprint density at radius 3 is 2.42 bits per heavy atom. The van der Waals surface area contributed by atoms with E-state index >= 15 is 0 Å². The molecule has 1 heterocycles. The lowest BCUT2D eigenvalue weighted by Gasteiger charge is -2.39. The molecule has 0 aromatic heterocycles. The number of phenolic OH excluding ortho intramolecular Hbond substituents is 1. The van der Waals surface area contributed by atoms with E-state index in [0.29, 0.717) is 12.1 Å². The first-order valence-corrected chi connectivity index (χ1v) is 8.84. The normalized spacial score (nSPS) is 18.2. The van der Waals surface area contributed by atoms with Crippen LogP contribution in [0.15, 0.2) is 54.6 Å². The second kappa shape index (κ2) is 8.04. The van der Waals surface area contributed by atoms with Gasteiger partial charge in [0, 0.05) is 18.2 Å². The Hall–Kier alpha value is -2.82. The molecule has 0 bridgehead atoms. The smallest absolute Gasteiger partial charge is 0.315 e. The van der Waals surface area contributed by atoms with Crippen molar-refractivity contribution < 1.29 is 19.4 Å². The van der Waals surface area contributed by atoms with Crippen LogP contribution in [0.3, 0.4) is 0 Å². The van der Waals surface area contributed by atoms with Crippen molar-refractivity contribution in [1.29, 1.82) is 0 Å². The van der Waals surface area contributed by atoms with Crippen molar-refractivity contribution in [3.63, 3.8) is 0 Å². The minimum absolute atomic E-state index is 0.119. The van der Waals surface area contributed by atoms with E-state index in [1.54, 1.807) is 17.0 Å². The van der Waals surface area contributed by atoms with Crippen LogP contribution in [0.4, 0.5) is 0 Å². The number of amides is 1. The SMILES string of the molecule is COC(=O)C(c1ccccc1)C1CCCCN1C(=O)c1ccc(O)cc1. The summed E-state index contributed by atoms with van der Waals surface area (Å²) in [7, 11) is 1.38. The highest BCUT2D eigenvalue weighted by atomic mass is 16.5. The second-order valence-corrected chi connectivity index (χ2v) is 6.52. The van der Waals surface area contributed by atoms with Crippen molar-refractivity contribution >= 4 is 11.9 Å². The van der Waals surface area contributed by atoms with E-state index in [1.807, 2.05) is 30.3 Å². The van der Waals surface area contributed by atoms with Gasteiger partial charge < -0.3 is 14.7 Å². The van der Waals surface area contributed by atoms with Gasteiger partial charge in [0.05, 0.1) is 7.11 Å². The largest absolute Gasteiger partial charge is 0.508 e. The van der Waals surface area contributed by atoms with Gasteiger partial charge in [-0.05, 0) is 49.1 Å². The fraction of sp³-hybridized carbons (Fsp3) is 0.333. The molecule has 0 radical (unpaired) electrons. The number of piperidine rings is 1. The van der Waals surface area contributed by atoms with Crippen molar-refractivity contribution in [3.05, 3.63) is 65.7 Å². The molecule has 0 spiro atoms. The third-order valence-corrected chi connectivity index (χ3v) is 4.92. The maximum absolute atomic E-state index is 13.1. The van der Waals surface area contributed by atoms with Gasteiger partial charge in [-0.2, -0.15) is 0 Å². The summed E-state index contributed by atoms with van der Waals surface area (Å²) < 4.78 is 5.06. The number of hydrogen-bond acceptors (Lipinski definition) is 4. The lowest BCUT2D eigenvalue weighted by Crippen LogP contribution is -2.48. The van der Waals surface area contributed by atoms with Crippen molar-refractivity contribution in [2.24, 2.45) is 0 Å². The second-order valence-electron chi connectivity index (χ2n) is 6.52. The number of carbonyl (C=O) groups is 2. The molecule has 1 amide bonds. The summed E-state index contributed by atoms with van der Waals surface area (Å²) in [5, 5.41) is 9.46. The summed E-state index contributed by atoms with van der Waals surface area (Å²) in [4.78, 5) is 27.4. The molecule has 136 valence electrons. The van der Waals surface area contributed by atoms with E-state index in [0.717, 1.165) is 24.8 Å². The molecular weight excluding hydrogens is 330 g/mol. The molecule has 2 unspecified atom stereocenters. The summed E-state index contributed by atoms with van der Waals surface area (Å²) in [6.45, 7) is 0.602. The van der Waals surface area contributed by atoms with E-state index in [2.05, 4.69) is 0 Å². The molecule has 1 aliphatic rings. The fourth-order valence-corrected chi connectivity index (χ4v) is 3.63. The molecular formula is C21H23NO4. The number of hydrogen-bond donors (Lipinski definition) is 1. The molecule has 2 aromatic rings. The van der Waals surface area contributed by atoms with Gasteiger partial charge in [0.2, 0.25) is 0 Å². The van der Waals surface area contributed by atoms with Crippen molar-refractivity contribution in [2.75, 3.05) is 13.7 Å². The standard InChI is InChI=1S/C21H23NO4/c1-26-21(25)19(15-7-3-2-4-8-15)18-9-5-6-14-22(18)20(24)16-10-12-17(23)13-11-16/h2-4,7-8,10-13,18-19,23H,5-6,9,14H2,1H3. The maximum atomic E-state index is 13.1. The van der Waals surface area contributed by atoms with E-state index in [9.17, 15) is 14.7 Å². The summed E-state index contributed by atoms with van der Waals surface area (Å²) >= 11 is 0. The number of methoxy groups -OCH3 is 1. The van der Waals surface area contributed by atoms with Crippen LogP contribution in [-0.2, 0) is 9.53 Å². The predicted octanol–water partition coefficient (Wildman–Crippen LogP) is 3.34. The number of rotatable bonds is 4. The molecule has 5 heteroatoms. The van der Waals surface area contributed by atoms with Gasteiger partial charge in [-0.3, -0.25) is 9.59 Å². The highest BCUT2D eigenvalue weighted by Crippen LogP contribution is 2.32. The van der Waals surface area contributed by atoms with Gasteiger partial charge in [0.1, 0.15) is 11.7 Å². The van der Waals surface area contributed by atoms with Crippen LogP contribution in [0.25, 0.3) is 0 Å². The summed E-state index contributed by atoms with van der Waals surface area (Å²) in [6, 6.07) is 15.5. The van der Waals surface area contributed by atoms with Gasteiger partial charge in [-0.25, -0.2) is 0 Å². The highest BCUT2D eigenvalue weighted by Gasteiger charge is 2.38. The number of nitrogens with zero attached hydrogens (tertiary/aromatic N) is 1. The quantitative estimate of drug-likeness (QED) is 0.856. The highest BCUT2D eigenvalue weighted by molar-refractivity contribution is 5.95. The van der Waals surface area contributed by atoms with Crippen LogP contribution in [-0.4, -0.2) is 41.6 Å². The Kier molecular flexibility index (Phi) is 5.56. The third kappa shape index (κ3) is 3.72. The minimum Gasteiger partial charge on any atom is -0.508 e. The predicted molar refractivity (Wildman–Crippen MR) is 98.0 cm³/mol. The molecule has 1 N–H and O–H groups in total. The average Bonchev–Trinajstić information content (AvgIpc) is 2.69. The number of aromatic hydroxyl groups is 1. The van der Waals surface area contributed by atoms with Crippen LogP contribution in [0, 0.1) is 0 Å². The monoisotopic (exact) mass is 353 g/mol. The zero-order valence-corrected chi connectivity index (χ0v) is 14.8. The zero-order valence-electron chi connectivity index (χ0n) is 14.8. The molecule has 1 fully saturated rings. The van der Waals surface area contributed by atoms with Crippen LogP contribution < -0.4 is 0 Å². The fourth-order valence-electron chi connectivity index (χ4n) is 3.63. The number of phenols is 1. The van der Waals surface area contributed by atoms with Crippen LogP contribution in [0.5, 0.6) is 5.75 Å². The number of benzene rings is 2. The lowest BCUT2D eigenvalue weighted by atomic mass is 9.84. The van der Waals surface area contributed by atoms with Gasteiger partial charge in [0.15, 0.2) is 0 Å². The zero-order chi connectivity index (χ0) is 18.5. The third-order valence-electron chi connectivity index (χ3n) is 4.92. The first-order chi connectivity index (χ1) is 12.6. The topological polar surface area (TPSA) is 66.8 Å². The van der Waals surface area contributed by atoms with E-state index in [4.69, 9.17) is 4.74 Å². The van der Waals surface area contributed by atoms with Crippen LogP contribution in [0.1, 0.15) is 41.1 Å². The van der Waals surface area contributed by atoms with Gasteiger partial charge in [-0.1, -0.05) is 30.3 Å². The molecule has 3 rings (SSSR count). The first-order valence-electron chi connectivity index (χ1n) is 8.84. The van der Waals surface area contributed by atoms with Gasteiger partial charge in [-0.15, -0.1) is 0 Å². The Bertz CT molecular complexity index is 757. The number of esters is 1.